The number of aromatic nitrogens is 2. The van der Waals surface area contributed by atoms with E-state index >= 15 is 0 Å². The number of methoxy groups -OCH3 is 3. The highest BCUT2D eigenvalue weighted by molar-refractivity contribution is 6.36. The Balaban J connectivity index is 1.17. The standard InChI is InChI=1S/C41H45ClN6O5/c1-48-23-33(25-17-35(51-2)32(36(18-25)52-3)22-44-21-27-13-16-38(50)46-27)30-9-6-8-29(40(30)48)28-7-5-10-31(39(28)42)34-14-11-24(41(47-34)53-4)19-43-20-26-12-15-37(49)45-26/h5-11,14,17-18,23,26-27,43-44H,12-13,15-16,19-22H2,1-4H3,(H,45,49)(H,46,50)/t26-,27-/m0/s1. The molecule has 2 amide bonds. The largest absolute Gasteiger partial charge is 0.496 e. The molecule has 2 fully saturated rings. The van der Waals surface area contributed by atoms with Crippen molar-refractivity contribution in [3.05, 3.63) is 83.0 Å². The molecule has 5 aromatic rings. The zero-order valence-corrected chi connectivity index (χ0v) is 31.2. The number of hydrogen-bond acceptors (Lipinski definition) is 8. The van der Waals surface area contributed by atoms with Gasteiger partial charge in [-0.15, -0.1) is 0 Å². The van der Waals surface area contributed by atoms with Crippen molar-refractivity contribution in [1.29, 1.82) is 0 Å². The molecule has 7 rings (SSSR count). The van der Waals surface area contributed by atoms with Crippen molar-refractivity contribution in [2.45, 2.75) is 50.9 Å². The van der Waals surface area contributed by atoms with Gasteiger partial charge in [-0.1, -0.05) is 54.1 Å². The minimum Gasteiger partial charge on any atom is -0.496 e. The molecule has 2 saturated heterocycles. The van der Waals surface area contributed by atoms with Crippen molar-refractivity contribution < 1.29 is 23.8 Å². The van der Waals surface area contributed by atoms with E-state index in [-0.39, 0.29) is 23.9 Å². The third kappa shape index (κ3) is 7.55. The molecule has 2 aliphatic rings. The molecule has 4 N–H and O–H groups in total. The summed E-state index contributed by atoms with van der Waals surface area (Å²) < 4.78 is 19.6. The Morgan fingerprint density at radius 3 is 2.04 bits per heavy atom. The Bertz CT molecular complexity index is 2140. The Kier molecular flexibility index (Phi) is 10.9. The highest BCUT2D eigenvalue weighted by Gasteiger charge is 2.23. The van der Waals surface area contributed by atoms with Crippen molar-refractivity contribution in [3.63, 3.8) is 0 Å². The quantitative estimate of drug-likeness (QED) is 0.110. The van der Waals surface area contributed by atoms with Gasteiger partial charge < -0.3 is 40.0 Å². The SMILES string of the molecule is COc1cc(-c2cn(C)c3c(-c4cccc(-c5ccc(CNC[C@@H]6CCC(=O)N6)c(OC)n5)c4Cl)cccc23)cc(OC)c1CNC[C@@H]1CCC(=O)N1. The lowest BCUT2D eigenvalue weighted by Gasteiger charge is -2.17. The topological polar surface area (TPSA) is 128 Å². The number of nitrogens with zero attached hydrogens (tertiary/aromatic N) is 2. The first-order valence-electron chi connectivity index (χ1n) is 17.9. The number of nitrogens with one attached hydrogen (secondary N) is 4. The van der Waals surface area contributed by atoms with Crippen molar-refractivity contribution in [1.82, 2.24) is 30.8 Å². The maximum Gasteiger partial charge on any atom is 0.220 e. The van der Waals surface area contributed by atoms with Crippen LogP contribution in [0.2, 0.25) is 5.02 Å². The normalized spacial score (nSPS) is 16.9. The molecule has 0 radical (unpaired) electrons. The van der Waals surface area contributed by atoms with E-state index in [1.165, 1.54) is 0 Å². The maximum atomic E-state index is 11.6. The van der Waals surface area contributed by atoms with Crippen LogP contribution in [-0.4, -0.2) is 67.9 Å². The first-order chi connectivity index (χ1) is 25.8. The second-order valence-electron chi connectivity index (χ2n) is 13.6. The van der Waals surface area contributed by atoms with Crippen LogP contribution in [0.3, 0.4) is 0 Å². The lowest BCUT2D eigenvalue weighted by atomic mass is 9.96. The number of aryl methyl sites for hydroxylation is 1. The second kappa shape index (κ2) is 15.9. The van der Waals surface area contributed by atoms with Gasteiger partial charge in [0.25, 0.3) is 0 Å². The molecule has 0 aliphatic carbocycles. The maximum absolute atomic E-state index is 11.6. The van der Waals surface area contributed by atoms with E-state index in [4.69, 9.17) is 30.8 Å². The van der Waals surface area contributed by atoms with Crippen molar-refractivity contribution in [2.75, 3.05) is 34.4 Å². The third-order valence-corrected chi connectivity index (χ3v) is 10.6. The highest BCUT2D eigenvalue weighted by Crippen LogP contribution is 2.43. The number of hydrogen-bond donors (Lipinski definition) is 4. The predicted molar refractivity (Wildman–Crippen MR) is 207 cm³/mol. The van der Waals surface area contributed by atoms with Crippen LogP contribution in [0.1, 0.15) is 36.8 Å². The average Bonchev–Trinajstić information content (AvgIpc) is 3.89. The molecule has 0 unspecified atom stereocenters. The molecule has 0 spiro atoms. The molecular weight excluding hydrogens is 692 g/mol. The van der Waals surface area contributed by atoms with Crippen LogP contribution in [0.15, 0.2) is 66.9 Å². The summed E-state index contributed by atoms with van der Waals surface area (Å²) in [4.78, 5) is 28.1. The van der Waals surface area contributed by atoms with Gasteiger partial charge in [0.15, 0.2) is 0 Å². The Hall–Kier alpha value is -5.10. The smallest absolute Gasteiger partial charge is 0.220 e. The van der Waals surface area contributed by atoms with Gasteiger partial charge in [0, 0.05) is 103 Å². The number of carbonyl (C=O) groups excluding carboxylic acids is 2. The molecule has 0 bridgehead atoms. The fourth-order valence-electron chi connectivity index (χ4n) is 7.51. The van der Waals surface area contributed by atoms with E-state index in [1.807, 2.05) is 37.4 Å². The van der Waals surface area contributed by atoms with E-state index in [1.54, 1.807) is 21.3 Å². The molecule has 2 aliphatic heterocycles. The molecule has 53 heavy (non-hydrogen) atoms. The number of halogens is 1. The van der Waals surface area contributed by atoms with E-state index in [0.717, 1.165) is 74.2 Å². The minimum atomic E-state index is 0.102. The summed E-state index contributed by atoms with van der Waals surface area (Å²) in [5, 5.41) is 14.5. The summed E-state index contributed by atoms with van der Waals surface area (Å²) in [6.45, 7) is 2.46. The number of carbonyl (C=O) groups is 2. The van der Waals surface area contributed by atoms with E-state index in [0.29, 0.717) is 55.6 Å². The Morgan fingerprint density at radius 2 is 1.42 bits per heavy atom. The molecule has 3 aromatic carbocycles. The molecule has 11 nitrogen and oxygen atoms in total. The van der Waals surface area contributed by atoms with Crippen LogP contribution >= 0.6 is 11.6 Å². The third-order valence-electron chi connectivity index (χ3n) is 10.2. The van der Waals surface area contributed by atoms with Crippen LogP contribution in [0, 0.1) is 0 Å². The molecule has 4 heterocycles. The molecular formula is C41H45ClN6O5. The highest BCUT2D eigenvalue weighted by atomic mass is 35.5. The first kappa shape index (κ1) is 36.3. The molecule has 12 heteroatoms. The van der Waals surface area contributed by atoms with Crippen LogP contribution in [0.25, 0.3) is 44.4 Å². The van der Waals surface area contributed by atoms with Crippen LogP contribution in [0.5, 0.6) is 17.4 Å². The van der Waals surface area contributed by atoms with Crippen LogP contribution < -0.4 is 35.5 Å². The number of para-hydroxylation sites is 1. The zero-order chi connectivity index (χ0) is 37.1. The van der Waals surface area contributed by atoms with Gasteiger partial charge in [0.1, 0.15) is 11.5 Å². The number of pyridine rings is 1. The van der Waals surface area contributed by atoms with Crippen molar-refractivity contribution in [2.24, 2.45) is 7.05 Å². The van der Waals surface area contributed by atoms with Gasteiger partial charge in [-0.2, -0.15) is 0 Å². The van der Waals surface area contributed by atoms with Gasteiger partial charge in [0.05, 0.1) is 37.6 Å². The van der Waals surface area contributed by atoms with E-state index in [9.17, 15) is 9.59 Å². The summed E-state index contributed by atoms with van der Waals surface area (Å²) in [5.41, 5.74) is 8.27. The van der Waals surface area contributed by atoms with Crippen molar-refractivity contribution in [3.8, 4) is 50.9 Å². The van der Waals surface area contributed by atoms with E-state index in [2.05, 4.69) is 62.4 Å². The molecule has 2 aromatic heterocycles. The minimum absolute atomic E-state index is 0.102. The fraction of sp³-hybridized carbons (Fsp3) is 0.341. The van der Waals surface area contributed by atoms with Crippen LogP contribution in [-0.2, 0) is 29.7 Å². The van der Waals surface area contributed by atoms with Gasteiger partial charge in [-0.05, 0) is 36.6 Å². The molecule has 276 valence electrons. The van der Waals surface area contributed by atoms with Gasteiger partial charge in [-0.25, -0.2) is 4.98 Å². The summed E-state index contributed by atoms with van der Waals surface area (Å²) in [6.07, 6.45) is 4.95. The Morgan fingerprint density at radius 1 is 0.792 bits per heavy atom. The van der Waals surface area contributed by atoms with Gasteiger partial charge >= 0.3 is 0 Å². The number of rotatable bonds is 14. The molecule has 2 atom stereocenters. The second-order valence-corrected chi connectivity index (χ2v) is 14.0. The van der Waals surface area contributed by atoms with E-state index < -0.39 is 0 Å². The lowest BCUT2D eigenvalue weighted by Crippen LogP contribution is -2.35. The van der Waals surface area contributed by atoms with Gasteiger partial charge in [-0.3, -0.25) is 9.59 Å². The fourth-order valence-corrected chi connectivity index (χ4v) is 7.84. The van der Waals surface area contributed by atoms with Gasteiger partial charge in [0.2, 0.25) is 17.7 Å². The summed E-state index contributed by atoms with van der Waals surface area (Å²) >= 11 is 7.25. The number of benzene rings is 3. The zero-order valence-electron chi connectivity index (χ0n) is 30.5. The number of ether oxygens (including phenoxy) is 3. The number of amides is 2. The summed E-state index contributed by atoms with van der Waals surface area (Å²) in [5.74, 6) is 2.17. The van der Waals surface area contributed by atoms with Crippen molar-refractivity contribution >= 4 is 34.3 Å². The average molecular weight is 737 g/mol. The lowest BCUT2D eigenvalue weighted by molar-refractivity contribution is -0.120. The predicted octanol–water partition coefficient (Wildman–Crippen LogP) is 5.99. The summed E-state index contributed by atoms with van der Waals surface area (Å²) in [7, 11) is 7.00. The molecule has 0 saturated carbocycles. The number of fused-ring (bicyclic) bond motifs is 1. The summed E-state index contributed by atoms with van der Waals surface area (Å²) in [6, 6.07) is 20.6. The Labute approximate surface area is 314 Å². The monoisotopic (exact) mass is 736 g/mol. The van der Waals surface area contributed by atoms with Crippen LogP contribution in [0.4, 0.5) is 0 Å². The first-order valence-corrected chi connectivity index (χ1v) is 18.3.